The van der Waals surface area contributed by atoms with Gasteiger partial charge in [0, 0.05) is 11.1 Å². The third-order valence-electron chi connectivity index (χ3n) is 2.84. The first kappa shape index (κ1) is 14.1. The van der Waals surface area contributed by atoms with Gasteiger partial charge in [0.1, 0.15) is 11.4 Å². The van der Waals surface area contributed by atoms with Gasteiger partial charge in [-0.15, -0.1) is 0 Å². The van der Waals surface area contributed by atoms with Gasteiger partial charge in [-0.2, -0.15) is 0 Å². The fraction of sp³-hybridized carbons (Fsp3) is 0.333. The molecule has 0 bridgehead atoms. The fourth-order valence-electron chi connectivity index (χ4n) is 2.00. The van der Waals surface area contributed by atoms with E-state index in [9.17, 15) is 4.79 Å². The van der Waals surface area contributed by atoms with Gasteiger partial charge in [-0.1, -0.05) is 12.1 Å². The van der Waals surface area contributed by atoms with E-state index in [-0.39, 0.29) is 11.9 Å². The zero-order valence-electron chi connectivity index (χ0n) is 11.7. The second-order valence-electron chi connectivity index (χ2n) is 4.69. The Morgan fingerprint density at radius 1 is 1.35 bits per heavy atom. The van der Waals surface area contributed by atoms with Gasteiger partial charge in [-0.05, 0) is 44.5 Å². The molecule has 0 spiro atoms. The topological polar surface area (TPSA) is 72.6 Å². The van der Waals surface area contributed by atoms with Crippen LogP contribution in [0.5, 0.6) is 5.75 Å². The van der Waals surface area contributed by atoms with Crippen molar-refractivity contribution >= 4 is 5.97 Å². The van der Waals surface area contributed by atoms with E-state index in [0.29, 0.717) is 17.7 Å². The lowest BCUT2D eigenvalue weighted by atomic mass is 10.0. The Hall–Kier alpha value is -2.30. The van der Waals surface area contributed by atoms with Crippen molar-refractivity contribution in [1.82, 2.24) is 5.16 Å². The van der Waals surface area contributed by atoms with Gasteiger partial charge in [0.05, 0.1) is 6.10 Å². The van der Waals surface area contributed by atoms with Crippen LogP contribution < -0.4 is 4.74 Å². The maximum absolute atomic E-state index is 11.0. The van der Waals surface area contributed by atoms with E-state index in [4.69, 9.17) is 14.4 Å². The Morgan fingerprint density at radius 2 is 2.00 bits per heavy atom. The maximum Gasteiger partial charge on any atom is 0.375 e. The van der Waals surface area contributed by atoms with Crippen molar-refractivity contribution in [2.24, 2.45) is 0 Å². The normalized spacial score (nSPS) is 10.8. The molecule has 0 aliphatic carbocycles. The zero-order valence-corrected chi connectivity index (χ0v) is 11.7. The first-order chi connectivity index (χ1) is 9.52. The summed E-state index contributed by atoms with van der Waals surface area (Å²) >= 11 is 0. The summed E-state index contributed by atoms with van der Waals surface area (Å²) in [7, 11) is 0. The van der Waals surface area contributed by atoms with Crippen molar-refractivity contribution in [3.63, 3.8) is 0 Å². The first-order valence-corrected chi connectivity index (χ1v) is 6.51. The monoisotopic (exact) mass is 275 g/mol. The van der Waals surface area contributed by atoms with Crippen molar-refractivity contribution in [3.05, 3.63) is 35.6 Å². The van der Waals surface area contributed by atoms with Crippen LogP contribution in [0.15, 0.2) is 28.8 Å². The van der Waals surface area contributed by atoms with Gasteiger partial charge in [-0.25, -0.2) is 4.79 Å². The molecule has 0 saturated carbocycles. The lowest BCUT2D eigenvalue weighted by molar-refractivity contribution is 0.0650. The van der Waals surface area contributed by atoms with Gasteiger partial charge in [0.15, 0.2) is 0 Å². The molecular formula is C15H17NO4. The van der Waals surface area contributed by atoms with Gasteiger partial charge in [0.25, 0.3) is 0 Å². The van der Waals surface area contributed by atoms with Crippen LogP contribution >= 0.6 is 0 Å². The number of aromatic carboxylic acids is 1. The molecule has 1 aromatic carbocycles. The van der Waals surface area contributed by atoms with E-state index < -0.39 is 5.97 Å². The van der Waals surface area contributed by atoms with Crippen molar-refractivity contribution < 1.29 is 19.2 Å². The highest BCUT2D eigenvalue weighted by atomic mass is 16.5. The molecule has 0 amide bonds. The molecule has 0 fully saturated rings. The van der Waals surface area contributed by atoms with Crippen molar-refractivity contribution in [2.75, 3.05) is 0 Å². The predicted octanol–water partition coefficient (Wildman–Crippen LogP) is 3.39. The van der Waals surface area contributed by atoms with Crippen molar-refractivity contribution in [1.29, 1.82) is 0 Å². The number of hydrogen-bond acceptors (Lipinski definition) is 4. The fourth-order valence-corrected chi connectivity index (χ4v) is 2.00. The number of rotatable bonds is 5. The summed E-state index contributed by atoms with van der Waals surface area (Å²) in [5.74, 6) is -0.422. The summed E-state index contributed by atoms with van der Waals surface area (Å²) in [5.41, 5.74) is 1.99. The highest BCUT2D eigenvalue weighted by Gasteiger charge is 2.21. The molecule has 0 aliphatic heterocycles. The van der Waals surface area contributed by atoms with Crippen molar-refractivity contribution in [3.8, 4) is 17.0 Å². The standard InChI is InChI=1S/C15H17NO4/c1-4-12-13(16-20-14(12)15(17)18)10-5-7-11(8-6-10)19-9(2)3/h5-9H,4H2,1-3H3,(H,17,18). The molecule has 2 rings (SSSR count). The number of carboxylic acids is 1. The highest BCUT2D eigenvalue weighted by Crippen LogP contribution is 2.27. The van der Waals surface area contributed by atoms with Crippen molar-refractivity contribution in [2.45, 2.75) is 33.3 Å². The van der Waals surface area contributed by atoms with Crippen LogP contribution in [0.2, 0.25) is 0 Å². The Labute approximate surface area is 117 Å². The number of ether oxygens (including phenoxy) is 1. The first-order valence-electron chi connectivity index (χ1n) is 6.51. The molecule has 2 aromatic rings. The summed E-state index contributed by atoms with van der Waals surface area (Å²) in [4.78, 5) is 11.0. The molecule has 1 heterocycles. The average Bonchev–Trinajstić information content (AvgIpc) is 2.82. The van der Waals surface area contributed by atoms with E-state index in [1.807, 2.05) is 45.0 Å². The number of benzene rings is 1. The van der Waals surface area contributed by atoms with Crippen LogP contribution in [0, 0.1) is 0 Å². The van der Waals surface area contributed by atoms with Crippen LogP contribution in [0.1, 0.15) is 36.9 Å². The quantitative estimate of drug-likeness (QED) is 0.905. The molecule has 0 atom stereocenters. The number of hydrogen-bond donors (Lipinski definition) is 1. The van der Waals surface area contributed by atoms with E-state index in [2.05, 4.69) is 5.16 Å². The largest absolute Gasteiger partial charge is 0.491 e. The molecule has 106 valence electrons. The molecule has 0 unspecified atom stereocenters. The zero-order chi connectivity index (χ0) is 14.7. The number of nitrogens with zero attached hydrogens (tertiary/aromatic N) is 1. The van der Waals surface area contributed by atoms with Crippen LogP contribution in [-0.2, 0) is 6.42 Å². The van der Waals surface area contributed by atoms with Crippen LogP contribution in [0.3, 0.4) is 0 Å². The number of carbonyl (C=O) groups is 1. The highest BCUT2D eigenvalue weighted by molar-refractivity contribution is 5.88. The molecule has 0 saturated heterocycles. The maximum atomic E-state index is 11.0. The minimum atomic E-state index is -1.10. The predicted molar refractivity (Wildman–Crippen MR) is 74.0 cm³/mol. The Morgan fingerprint density at radius 3 is 2.50 bits per heavy atom. The van der Waals surface area contributed by atoms with E-state index in [1.165, 1.54) is 0 Å². The van der Waals surface area contributed by atoms with Gasteiger partial charge in [0.2, 0.25) is 5.76 Å². The second-order valence-corrected chi connectivity index (χ2v) is 4.69. The molecule has 20 heavy (non-hydrogen) atoms. The molecule has 5 nitrogen and oxygen atoms in total. The summed E-state index contributed by atoms with van der Waals surface area (Å²) in [6.45, 7) is 5.79. The molecule has 1 N–H and O–H groups in total. The van der Waals surface area contributed by atoms with E-state index >= 15 is 0 Å². The minimum absolute atomic E-state index is 0.0926. The summed E-state index contributed by atoms with van der Waals surface area (Å²) in [5, 5.41) is 12.9. The number of aromatic nitrogens is 1. The summed E-state index contributed by atoms with van der Waals surface area (Å²) < 4.78 is 10.5. The SMILES string of the molecule is CCc1c(-c2ccc(OC(C)C)cc2)noc1C(=O)O. The van der Waals surface area contributed by atoms with Crippen LogP contribution in [0.4, 0.5) is 0 Å². The Balaban J connectivity index is 2.34. The van der Waals surface area contributed by atoms with Gasteiger partial charge >= 0.3 is 5.97 Å². The van der Waals surface area contributed by atoms with Gasteiger partial charge < -0.3 is 14.4 Å². The van der Waals surface area contributed by atoms with E-state index in [0.717, 1.165) is 11.3 Å². The smallest absolute Gasteiger partial charge is 0.375 e. The van der Waals surface area contributed by atoms with Gasteiger partial charge in [-0.3, -0.25) is 0 Å². The van der Waals surface area contributed by atoms with E-state index in [1.54, 1.807) is 0 Å². The molecule has 1 aromatic heterocycles. The lowest BCUT2D eigenvalue weighted by Gasteiger charge is -2.09. The third kappa shape index (κ3) is 2.82. The number of carboxylic acid groups (broad SMARTS) is 1. The van der Waals surface area contributed by atoms with Crippen LogP contribution in [-0.4, -0.2) is 22.3 Å². The molecule has 0 aliphatic rings. The van der Waals surface area contributed by atoms with Crippen LogP contribution in [0.25, 0.3) is 11.3 Å². The average molecular weight is 275 g/mol. The summed E-state index contributed by atoms with van der Waals surface area (Å²) in [6, 6.07) is 7.37. The summed E-state index contributed by atoms with van der Waals surface area (Å²) in [6.07, 6.45) is 0.655. The molecular weight excluding hydrogens is 258 g/mol. The minimum Gasteiger partial charge on any atom is -0.491 e. The third-order valence-corrected chi connectivity index (χ3v) is 2.84. The second kappa shape index (κ2) is 5.77. The Kier molecular flexibility index (Phi) is 4.08. The lowest BCUT2D eigenvalue weighted by Crippen LogP contribution is -2.05. The molecule has 0 radical (unpaired) electrons. The molecule has 5 heteroatoms. The Bertz CT molecular complexity index is 599.